The predicted octanol–water partition coefficient (Wildman–Crippen LogP) is 0.657. The number of nitrogens with zero attached hydrogens (tertiary/aromatic N) is 3. The summed E-state index contributed by atoms with van der Waals surface area (Å²) in [6.07, 6.45) is 0.536. The van der Waals surface area contributed by atoms with Gasteiger partial charge in [0, 0.05) is 50.5 Å². The van der Waals surface area contributed by atoms with Gasteiger partial charge in [-0.25, -0.2) is 8.42 Å². The maximum Gasteiger partial charge on any atom is 0.236 e. The highest BCUT2D eigenvalue weighted by atomic mass is 32.2. The Morgan fingerprint density at radius 1 is 1.11 bits per heavy atom. The molecule has 8 heteroatoms. The van der Waals surface area contributed by atoms with Gasteiger partial charge in [0.1, 0.15) is 0 Å². The second-order valence-corrected chi connectivity index (χ2v) is 9.66. The van der Waals surface area contributed by atoms with Crippen LogP contribution in [0.25, 0.3) is 0 Å². The number of benzene rings is 1. The van der Waals surface area contributed by atoms with Crippen molar-refractivity contribution in [3.8, 4) is 0 Å². The van der Waals surface area contributed by atoms with E-state index >= 15 is 0 Å². The van der Waals surface area contributed by atoms with Crippen LogP contribution >= 0.6 is 0 Å². The number of amides is 1. The topological polar surface area (TPSA) is 78.0 Å². The number of hydrogen-bond acceptors (Lipinski definition) is 6. The largest absolute Gasteiger partial charge is 0.369 e. The monoisotopic (exact) mass is 393 g/mol. The predicted molar refractivity (Wildman–Crippen MR) is 105 cm³/mol. The molecule has 1 amide bonds. The highest BCUT2D eigenvalue weighted by Gasteiger charge is 2.33. The molecule has 0 aromatic heterocycles. The maximum absolute atomic E-state index is 12.5. The summed E-state index contributed by atoms with van der Waals surface area (Å²) in [5.74, 6) is 0.302. The standard InChI is InChI=1S/C19H27N3O4S/c1-15(23)16-3-5-17(6-4-16)22-10-8-21(9-11-22)13-19(24)20(2)18-7-12-27(25,26)14-18/h3-6,18H,7-14H2,1-2H3/t18-/m1/s1. The van der Waals surface area contributed by atoms with E-state index < -0.39 is 9.84 Å². The second-order valence-electron chi connectivity index (χ2n) is 7.43. The lowest BCUT2D eigenvalue weighted by atomic mass is 10.1. The lowest BCUT2D eigenvalue weighted by Crippen LogP contribution is -2.51. The highest BCUT2D eigenvalue weighted by Crippen LogP contribution is 2.19. The zero-order chi connectivity index (χ0) is 19.6. The molecule has 2 heterocycles. The summed E-state index contributed by atoms with van der Waals surface area (Å²) in [6, 6.07) is 7.43. The van der Waals surface area contributed by atoms with Gasteiger partial charge in [0.25, 0.3) is 0 Å². The Balaban J connectivity index is 1.49. The molecule has 0 N–H and O–H groups in total. The van der Waals surface area contributed by atoms with Crippen molar-refractivity contribution in [1.82, 2.24) is 9.80 Å². The molecule has 0 saturated carbocycles. The van der Waals surface area contributed by atoms with Crippen molar-refractivity contribution in [2.45, 2.75) is 19.4 Å². The molecule has 2 saturated heterocycles. The van der Waals surface area contributed by atoms with Gasteiger partial charge in [0.15, 0.2) is 15.6 Å². The summed E-state index contributed by atoms with van der Waals surface area (Å²) in [5, 5.41) is 0. The number of Topliss-reactive ketones (excluding diaryl/α,β-unsaturated/α-hetero) is 1. The average Bonchev–Trinajstić information content (AvgIpc) is 3.01. The van der Waals surface area contributed by atoms with E-state index in [1.165, 1.54) is 0 Å². The number of piperazine rings is 1. The average molecular weight is 394 g/mol. The van der Waals surface area contributed by atoms with Gasteiger partial charge in [-0.3, -0.25) is 14.5 Å². The Morgan fingerprint density at radius 2 is 1.74 bits per heavy atom. The molecule has 1 aromatic rings. The summed E-state index contributed by atoms with van der Waals surface area (Å²) in [5.41, 5.74) is 1.79. The molecule has 2 aliphatic heterocycles. The summed E-state index contributed by atoms with van der Waals surface area (Å²) in [6.45, 7) is 5.06. The summed E-state index contributed by atoms with van der Waals surface area (Å²) < 4.78 is 23.2. The zero-order valence-corrected chi connectivity index (χ0v) is 16.7. The summed E-state index contributed by atoms with van der Waals surface area (Å²) in [7, 11) is -1.28. The first kappa shape index (κ1) is 19.8. The van der Waals surface area contributed by atoms with Crippen LogP contribution < -0.4 is 4.90 Å². The van der Waals surface area contributed by atoms with E-state index in [1.54, 1.807) is 18.9 Å². The Labute approximate surface area is 160 Å². The van der Waals surface area contributed by atoms with Crippen LogP contribution in [0.1, 0.15) is 23.7 Å². The summed E-state index contributed by atoms with van der Waals surface area (Å²) in [4.78, 5) is 29.9. The number of carbonyl (C=O) groups excluding carboxylic acids is 2. The molecule has 1 atom stereocenters. The van der Waals surface area contributed by atoms with Crippen molar-refractivity contribution in [2.75, 3.05) is 56.2 Å². The maximum atomic E-state index is 12.5. The Hall–Kier alpha value is -1.93. The van der Waals surface area contributed by atoms with E-state index in [-0.39, 0.29) is 29.2 Å². The third-order valence-corrected chi connectivity index (χ3v) is 7.27. The van der Waals surface area contributed by atoms with Crippen LogP contribution in [0.15, 0.2) is 24.3 Å². The van der Waals surface area contributed by atoms with Crippen molar-refractivity contribution in [1.29, 1.82) is 0 Å². The molecule has 1 aromatic carbocycles. The summed E-state index contributed by atoms with van der Waals surface area (Å²) >= 11 is 0. The zero-order valence-electron chi connectivity index (χ0n) is 15.9. The molecule has 0 unspecified atom stereocenters. The number of rotatable bonds is 5. The van der Waals surface area contributed by atoms with E-state index in [9.17, 15) is 18.0 Å². The van der Waals surface area contributed by atoms with Crippen LogP contribution in [-0.2, 0) is 14.6 Å². The number of carbonyl (C=O) groups is 2. The molecule has 0 aliphatic carbocycles. The molecule has 27 heavy (non-hydrogen) atoms. The molecule has 2 aliphatic rings. The highest BCUT2D eigenvalue weighted by molar-refractivity contribution is 7.91. The van der Waals surface area contributed by atoms with Crippen LogP contribution in [0.5, 0.6) is 0 Å². The van der Waals surface area contributed by atoms with Crippen molar-refractivity contribution in [3.63, 3.8) is 0 Å². The van der Waals surface area contributed by atoms with Crippen LogP contribution in [-0.4, -0.2) is 87.2 Å². The van der Waals surface area contributed by atoms with E-state index in [0.717, 1.165) is 31.9 Å². The van der Waals surface area contributed by atoms with Crippen LogP contribution in [0, 0.1) is 0 Å². The van der Waals surface area contributed by atoms with Gasteiger partial charge in [-0.15, -0.1) is 0 Å². The lowest BCUT2D eigenvalue weighted by Gasteiger charge is -2.36. The second kappa shape index (κ2) is 7.98. The molecule has 2 fully saturated rings. The van der Waals surface area contributed by atoms with Gasteiger partial charge in [0.05, 0.1) is 18.1 Å². The first-order chi connectivity index (χ1) is 12.7. The first-order valence-electron chi connectivity index (χ1n) is 9.29. The fourth-order valence-corrected chi connectivity index (χ4v) is 5.43. The minimum absolute atomic E-state index is 0.0173. The number of anilines is 1. The van der Waals surface area contributed by atoms with Gasteiger partial charge in [-0.1, -0.05) is 0 Å². The minimum atomic E-state index is -2.99. The molecular formula is C19H27N3O4S. The van der Waals surface area contributed by atoms with Crippen molar-refractivity contribution < 1.29 is 18.0 Å². The van der Waals surface area contributed by atoms with Crippen LogP contribution in [0.4, 0.5) is 5.69 Å². The van der Waals surface area contributed by atoms with Gasteiger partial charge in [-0.05, 0) is 37.6 Å². The Bertz CT molecular complexity index is 799. The van der Waals surface area contributed by atoms with Crippen LogP contribution in [0.2, 0.25) is 0 Å². The number of ketones is 1. The smallest absolute Gasteiger partial charge is 0.236 e. The molecule has 0 radical (unpaired) electrons. The molecular weight excluding hydrogens is 366 g/mol. The lowest BCUT2D eigenvalue weighted by molar-refractivity contribution is -0.132. The van der Waals surface area contributed by atoms with Gasteiger partial charge >= 0.3 is 0 Å². The third kappa shape index (κ3) is 4.87. The van der Waals surface area contributed by atoms with Gasteiger partial charge in [0.2, 0.25) is 5.91 Å². The van der Waals surface area contributed by atoms with Crippen molar-refractivity contribution >= 4 is 27.2 Å². The fourth-order valence-electron chi connectivity index (χ4n) is 3.66. The number of sulfone groups is 1. The van der Waals surface area contributed by atoms with Crippen molar-refractivity contribution in [3.05, 3.63) is 29.8 Å². The van der Waals surface area contributed by atoms with E-state index in [2.05, 4.69) is 9.80 Å². The van der Waals surface area contributed by atoms with Crippen molar-refractivity contribution in [2.24, 2.45) is 0 Å². The molecule has 0 spiro atoms. The number of likely N-dealkylation sites (N-methyl/N-ethyl adjacent to an activating group) is 1. The Morgan fingerprint density at radius 3 is 2.26 bits per heavy atom. The SMILES string of the molecule is CC(=O)c1ccc(N2CCN(CC(=O)N(C)[C@@H]3CCS(=O)(=O)C3)CC2)cc1. The normalized spacial score (nSPS) is 22.6. The van der Waals surface area contributed by atoms with Gasteiger partial charge < -0.3 is 9.80 Å². The molecule has 148 valence electrons. The third-order valence-electron chi connectivity index (χ3n) is 5.52. The van der Waals surface area contributed by atoms with Gasteiger partial charge in [-0.2, -0.15) is 0 Å². The minimum Gasteiger partial charge on any atom is -0.369 e. The van der Waals surface area contributed by atoms with E-state index in [0.29, 0.717) is 18.5 Å². The molecule has 7 nitrogen and oxygen atoms in total. The Kier molecular flexibility index (Phi) is 5.86. The first-order valence-corrected chi connectivity index (χ1v) is 11.1. The van der Waals surface area contributed by atoms with E-state index in [1.807, 2.05) is 24.3 Å². The molecule has 0 bridgehead atoms. The van der Waals surface area contributed by atoms with E-state index in [4.69, 9.17) is 0 Å². The quantitative estimate of drug-likeness (QED) is 0.684. The van der Waals surface area contributed by atoms with Crippen LogP contribution in [0.3, 0.4) is 0 Å². The fraction of sp³-hybridized carbons (Fsp3) is 0.579. The number of hydrogen-bond donors (Lipinski definition) is 0. The molecule has 3 rings (SSSR count).